The van der Waals surface area contributed by atoms with Gasteiger partial charge in [0.1, 0.15) is 0 Å². The molecule has 4 heteroatoms. The Morgan fingerprint density at radius 1 is 1.43 bits per heavy atom. The lowest BCUT2D eigenvalue weighted by atomic mass is 9.94. The van der Waals surface area contributed by atoms with Gasteiger partial charge in [-0.2, -0.15) is 0 Å². The first-order valence-electron chi connectivity index (χ1n) is 4.69. The van der Waals surface area contributed by atoms with Crippen LogP contribution in [0.25, 0.3) is 0 Å². The maximum absolute atomic E-state index is 4.45. The molecule has 2 nitrogen and oxygen atoms in total. The van der Waals surface area contributed by atoms with Gasteiger partial charge < -0.3 is 5.32 Å². The van der Waals surface area contributed by atoms with E-state index in [2.05, 4.69) is 54.3 Å². The summed E-state index contributed by atoms with van der Waals surface area (Å²) in [6.45, 7) is 2.14. The molecule has 14 heavy (non-hydrogen) atoms. The van der Waals surface area contributed by atoms with Gasteiger partial charge in [-0.1, -0.05) is 15.9 Å². The normalized spacial score (nSPS) is 26.7. The Morgan fingerprint density at radius 2 is 2.29 bits per heavy atom. The monoisotopic (exact) mass is 318 g/mol. The molecule has 0 aromatic carbocycles. The Hall–Kier alpha value is 0.0700. The highest BCUT2D eigenvalue weighted by molar-refractivity contribution is 9.10. The second-order valence-electron chi connectivity index (χ2n) is 3.58. The van der Waals surface area contributed by atoms with Crippen LogP contribution in [0.1, 0.15) is 11.6 Å². The Morgan fingerprint density at radius 3 is 2.93 bits per heavy atom. The lowest BCUT2D eigenvalue weighted by Crippen LogP contribution is -2.13. The summed E-state index contributed by atoms with van der Waals surface area (Å²) in [5, 5.41) is 4.45. The van der Waals surface area contributed by atoms with E-state index >= 15 is 0 Å². The lowest BCUT2D eigenvalue weighted by Gasteiger charge is -2.15. The number of hydrogen-bond acceptors (Lipinski definition) is 2. The smallest absolute Gasteiger partial charge is 0.0451 e. The Kier molecular flexibility index (Phi) is 3.57. The molecular formula is C10H12Br2N2. The van der Waals surface area contributed by atoms with Gasteiger partial charge in [-0.3, -0.25) is 4.98 Å². The van der Waals surface area contributed by atoms with Crippen LogP contribution < -0.4 is 5.32 Å². The topological polar surface area (TPSA) is 24.9 Å². The molecule has 1 aromatic heterocycles. The molecule has 76 valence electrons. The molecule has 0 bridgehead atoms. The van der Waals surface area contributed by atoms with Crippen LogP contribution in [-0.2, 0) is 0 Å². The minimum atomic E-state index is 0.558. The summed E-state index contributed by atoms with van der Waals surface area (Å²) in [4.78, 5) is 4.45. The third-order valence-corrected chi connectivity index (χ3v) is 3.97. The average molecular weight is 320 g/mol. The highest BCUT2D eigenvalue weighted by atomic mass is 79.9. The van der Waals surface area contributed by atoms with Crippen LogP contribution in [-0.4, -0.2) is 23.4 Å². The fraction of sp³-hybridized carbons (Fsp3) is 0.500. The van der Waals surface area contributed by atoms with Crippen LogP contribution in [0.2, 0.25) is 0 Å². The molecule has 1 saturated heterocycles. The summed E-state index contributed by atoms with van der Waals surface area (Å²) in [6.07, 6.45) is 1.87. The van der Waals surface area contributed by atoms with E-state index in [1.165, 1.54) is 5.69 Å². The molecule has 0 saturated carbocycles. The SMILES string of the molecule is BrCC1CNCC1c1ccc(Br)cn1. The molecule has 1 aliphatic heterocycles. The summed E-state index contributed by atoms with van der Waals surface area (Å²) in [5.41, 5.74) is 1.20. The van der Waals surface area contributed by atoms with Gasteiger partial charge in [-0.15, -0.1) is 0 Å². The molecule has 1 aromatic rings. The molecule has 1 N–H and O–H groups in total. The van der Waals surface area contributed by atoms with Crippen molar-refractivity contribution in [3.63, 3.8) is 0 Å². The average Bonchev–Trinajstić information content (AvgIpc) is 2.67. The number of halogens is 2. The molecule has 1 fully saturated rings. The van der Waals surface area contributed by atoms with Crippen LogP contribution >= 0.6 is 31.9 Å². The zero-order chi connectivity index (χ0) is 9.97. The maximum atomic E-state index is 4.45. The molecule has 2 heterocycles. The van der Waals surface area contributed by atoms with Crippen molar-refractivity contribution in [2.45, 2.75) is 5.92 Å². The van der Waals surface area contributed by atoms with E-state index in [9.17, 15) is 0 Å². The molecule has 2 atom stereocenters. The van der Waals surface area contributed by atoms with Gasteiger partial charge in [-0.25, -0.2) is 0 Å². The second-order valence-corrected chi connectivity index (χ2v) is 5.14. The molecular weight excluding hydrogens is 308 g/mol. The summed E-state index contributed by atoms with van der Waals surface area (Å²) in [5.74, 6) is 1.23. The Labute approximate surface area is 101 Å². The van der Waals surface area contributed by atoms with Crippen LogP contribution in [0.3, 0.4) is 0 Å². The van der Waals surface area contributed by atoms with Crippen molar-refractivity contribution in [2.75, 3.05) is 18.4 Å². The standard InChI is InChI=1S/C10H12Br2N2/c11-3-7-4-13-6-9(7)10-2-1-8(12)5-14-10/h1-2,5,7,9,13H,3-4,6H2. The van der Waals surface area contributed by atoms with Crippen molar-refractivity contribution < 1.29 is 0 Å². The number of pyridine rings is 1. The van der Waals surface area contributed by atoms with Gasteiger partial charge in [0.15, 0.2) is 0 Å². The van der Waals surface area contributed by atoms with Crippen LogP contribution in [0.4, 0.5) is 0 Å². The zero-order valence-corrected chi connectivity index (χ0v) is 10.9. The van der Waals surface area contributed by atoms with Crippen molar-refractivity contribution in [2.24, 2.45) is 5.92 Å². The minimum absolute atomic E-state index is 0.558. The molecule has 1 aliphatic rings. The van der Waals surface area contributed by atoms with E-state index in [1.807, 2.05) is 6.20 Å². The zero-order valence-electron chi connectivity index (χ0n) is 7.71. The summed E-state index contributed by atoms with van der Waals surface area (Å²) in [6, 6.07) is 4.17. The molecule has 0 aliphatic carbocycles. The van der Waals surface area contributed by atoms with E-state index in [1.54, 1.807) is 0 Å². The number of rotatable bonds is 2. The highest BCUT2D eigenvalue weighted by Gasteiger charge is 2.28. The van der Waals surface area contributed by atoms with Crippen molar-refractivity contribution in [3.8, 4) is 0 Å². The maximum Gasteiger partial charge on any atom is 0.0451 e. The van der Waals surface area contributed by atoms with E-state index in [0.29, 0.717) is 11.8 Å². The number of aromatic nitrogens is 1. The Balaban J connectivity index is 2.17. The van der Waals surface area contributed by atoms with Crippen LogP contribution in [0, 0.1) is 5.92 Å². The lowest BCUT2D eigenvalue weighted by molar-refractivity contribution is 0.572. The highest BCUT2D eigenvalue weighted by Crippen LogP contribution is 2.28. The number of nitrogens with one attached hydrogen (secondary N) is 1. The van der Waals surface area contributed by atoms with Gasteiger partial charge >= 0.3 is 0 Å². The van der Waals surface area contributed by atoms with Crippen molar-refractivity contribution >= 4 is 31.9 Å². The van der Waals surface area contributed by atoms with Gasteiger partial charge in [0, 0.05) is 34.2 Å². The Bertz CT molecular complexity index is 299. The fourth-order valence-electron chi connectivity index (χ4n) is 1.85. The summed E-state index contributed by atoms with van der Waals surface area (Å²) >= 11 is 6.95. The van der Waals surface area contributed by atoms with Crippen molar-refractivity contribution in [3.05, 3.63) is 28.5 Å². The van der Waals surface area contributed by atoms with E-state index in [4.69, 9.17) is 0 Å². The third kappa shape index (κ3) is 2.18. The number of nitrogens with zero attached hydrogens (tertiary/aromatic N) is 1. The summed E-state index contributed by atoms with van der Waals surface area (Å²) < 4.78 is 1.04. The van der Waals surface area contributed by atoms with Gasteiger partial charge in [0.25, 0.3) is 0 Å². The first kappa shape index (κ1) is 10.6. The predicted molar refractivity (Wildman–Crippen MR) is 64.8 cm³/mol. The summed E-state index contributed by atoms with van der Waals surface area (Å²) in [7, 11) is 0. The van der Waals surface area contributed by atoms with Crippen molar-refractivity contribution in [1.82, 2.24) is 10.3 Å². The van der Waals surface area contributed by atoms with Crippen LogP contribution in [0.5, 0.6) is 0 Å². The van der Waals surface area contributed by atoms with E-state index < -0.39 is 0 Å². The predicted octanol–water partition coefficient (Wildman–Crippen LogP) is 2.54. The molecule has 2 unspecified atom stereocenters. The van der Waals surface area contributed by atoms with E-state index in [0.717, 1.165) is 22.9 Å². The quantitative estimate of drug-likeness (QED) is 0.847. The van der Waals surface area contributed by atoms with Gasteiger partial charge in [-0.05, 0) is 40.5 Å². The van der Waals surface area contributed by atoms with Crippen molar-refractivity contribution in [1.29, 1.82) is 0 Å². The molecule has 2 rings (SSSR count). The minimum Gasteiger partial charge on any atom is -0.316 e. The van der Waals surface area contributed by atoms with Crippen LogP contribution in [0.15, 0.2) is 22.8 Å². The number of alkyl halides is 1. The molecule has 0 amide bonds. The van der Waals surface area contributed by atoms with Gasteiger partial charge in [0.05, 0.1) is 0 Å². The molecule has 0 radical (unpaired) electrons. The number of hydrogen-bond donors (Lipinski definition) is 1. The largest absolute Gasteiger partial charge is 0.316 e. The first-order valence-corrected chi connectivity index (χ1v) is 6.61. The third-order valence-electron chi connectivity index (χ3n) is 2.67. The second kappa shape index (κ2) is 4.73. The van der Waals surface area contributed by atoms with Gasteiger partial charge in [0.2, 0.25) is 0 Å². The van der Waals surface area contributed by atoms with E-state index in [-0.39, 0.29) is 0 Å². The fourth-order valence-corrected chi connectivity index (χ4v) is 2.76. The first-order chi connectivity index (χ1) is 6.81. The molecule has 0 spiro atoms.